The monoisotopic (exact) mass is 310 g/mol. The van der Waals surface area contributed by atoms with Gasteiger partial charge in [0.25, 0.3) is 0 Å². The van der Waals surface area contributed by atoms with Gasteiger partial charge in [0.2, 0.25) is 5.91 Å². The maximum atomic E-state index is 11.4. The second kappa shape index (κ2) is 9.02. The molecule has 6 nitrogen and oxygen atoms in total. The van der Waals surface area contributed by atoms with E-state index in [2.05, 4.69) is 10.6 Å². The molecule has 0 aliphatic carbocycles. The standard InChI is InChI=1S/C14H18N2O4S/c1-15-14(20)16-12(17)7-8-21-11(13(18)19)9-10-5-3-2-4-6-10/h2-6,11H,7-9H2,1H3,(H,18,19)(H2,15,16,17,20). The normalized spacial score (nSPS) is 11.5. The van der Waals surface area contributed by atoms with E-state index in [-0.39, 0.29) is 6.42 Å². The number of nitrogens with one attached hydrogen (secondary N) is 2. The number of rotatable bonds is 7. The highest BCUT2D eigenvalue weighted by molar-refractivity contribution is 8.00. The molecule has 0 bridgehead atoms. The Morgan fingerprint density at radius 2 is 1.90 bits per heavy atom. The molecule has 114 valence electrons. The van der Waals surface area contributed by atoms with Crippen LogP contribution in [0.25, 0.3) is 0 Å². The van der Waals surface area contributed by atoms with E-state index >= 15 is 0 Å². The first-order chi connectivity index (χ1) is 10.0. The maximum absolute atomic E-state index is 11.4. The van der Waals surface area contributed by atoms with Gasteiger partial charge in [0, 0.05) is 19.2 Å². The number of thioether (sulfide) groups is 1. The van der Waals surface area contributed by atoms with Crippen LogP contribution in [0.1, 0.15) is 12.0 Å². The molecule has 1 rings (SSSR count). The van der Waals surface area contributed by atoms with Crippen molar-refractivity contribution in [2.75, 3.05) is 12.8 Å². The molecule has 0 aromatic heterocycles. The van der Waals surface area contributed by atoms with Crippen molar-refractivity contribution in [2.45, 2.75) is 18.1 Å². The van der Waals surface area contributed by atoms with Crippen LogP contribution in [0.3, 0.4) is 0 Å². The molecular weight excluding hydrogens is 292 g/mol. The van der Waals surface area contributed by atoms with Crippen LogP contribution in [0, 0.1) is 0 Å². The van der Waals surface area contributed by atoms with Gasteiger partial charge in [-0.25, -0.2) is 4.79 Å². The van der Waals surface area contributed by atoms with Gasteiger partial charge in [0.15, 0.2) is 0 Å². The number of benzene rings is 1. The molecule has 1 aromatic rings. The number of carboxylic acid groups (broad SMARTS) is 1. The average molecular weight is 310 g/mol. The first kappa shape index (κ1) is 17.0. The van der Waals surface area contributed by atoms with Crippen LogP contribution in [-0.4, -0.2) is 41.1 Å². The Balaban J connectivity index is 2.40. The van der Waals surface area contributed by atoms with Gasteiger partial charge in [-0.2, -0.15) is 0 Å². The smallest absolute Gasteiger partial charge is 0.321 e. The minimum Gasteiger partial charge on any atom is -0.480 e. The van der Waals surface area contributed by atoms with Gasteiger partial charge in [-0.05, 0) is 12.0 Å². The lowest BCUT2D eigenvalue weighted by Crippen LogP contribution is -2.37. The summed E-state index contributed by atoms with van der Waals surface area (Å²) in [7, 11) is 1.41. The van der Waals surface area contributed by atoms with E-state index in [0.717, 1.165) is 5.56 Å². The van der Waals surface area contributed by atoms with Crippen LogP contribution in [0.2, 0.25) is 0 Å². The molecular formula is C14H18N2O4S. The summed E-state index contributed by atoms with van der Waals surface area (Å²) in [6, 6.07) is 8.76. The zero-order valence-electron chi connectivity index (χ0n) is 11.7. The predicted molar refractivity (Wildman–Crippen MR) is 81.2 cm³/mol. The fourth-order valence-corrected chi connectivity index (χ4v) is 2.63. The first-order valence-corrected chi connectivity index (χ1v) is 7.47. The summed E-state index contributed by atoms with van der Waals surface area (Å²) in [6.45, 7) is 0. The summed E-state index contributed by atoms with van der Waals surface area (Å²) in [5, 5.41) is 13.0. The third kappa shape index (κ3) is 6.80. The highest BCUT2D eigenvalue weighted by Crippen LogP contribution is 2.18. The minimum absolute atomic E-state index is 0.0939. The van der Waals surface area contributed by atoms with Gasteiger partial charge >= 0.3 is 12.0 Å². The van der Waals surface area contributed by atoms with Crippen molar-refractivity contribution < 1.29 is 19.5 Å². The summed E-state index contributed by atoms with van der Waals surface area (Å²) in [6.07, 6.45) is 0.495. The van der Waals surface area contributed by atoms with E-state index in [1.54, 1.807) is 0 Å². The van der Waals surface area contributed by atoms with E-state index in [1.807, 2.05) is 30.3 Å². The van der Waals surface area contributed by atoms with Crippen LogP contribution in [0.15, 0.2) is 30.3 Å². The van der Waals surface area contributed by atoms with E-state index in [0.29, 0.717) is 12.2 Å². The van der Waals surface area contributed by atoms with Crippen LogP contribution in [-0.2, 0) is 16.0 Å². The number of hydrogen-bond acceptors (Lipinski definition) is 4. The molecule has 3 amide bonds. The van der Waals surface area contributed by atoms with Crippen molar-refractivity contribution in [3.8, 4) is 0 Å². The SMILES string of the molecule is CNC(=O)NC(=O)CCSC(Cc1ccccc1)C(=O)O. The molecule has 0 radical (unpaired) electrons. The zero-order chi connectivity index (χ0) is 15.7. The Morgan fingerprint density at radius 1 is 1.24 bits per heavy atom. The Hall–Kier alpha value is -2.02. The summed E-state index contributed by atoms with van der Waals surface area (Å²) in [5.41, 5.74) is 0.937. The van der Waals surface area contributed by atoms with Crippen molar-refractivity contribution in [3.63, 3.8) is 0 Å². The van der Waals surface area contributed by atoms with E-state index in [9.17, 15) is 19.5 Å². The fourth-order valence-electron chi connectivity index (χ4n) is 1.59. The van der Waals surface area contributed by atoms with Crippen LogP contribution >= 0.6 is 11.8 Å². The molecule has 0 saturated carbocycles. The molecule has 1 atom stereocenters. The van der Waals surface area contributed by atoms with E-state index in [1.165, 1.54) is 18.8 Å². The van der Waals surface area contributed by atoms with Crippen molar-refractivity contribution in [2.24, 2.45) is 0 Å². The summed E-state index contributed by atoms with van der Waals surface area (Å²) in [4.78, 5) is 33.5. The average Bonchev–Trinajstić information content (AvgIpc) is 2.47. The highest BCUT2D eigenvalue weighted by Gasteiger charge is 2.19. The number of aliphatic carboxylic acids is 1. The molecule has 0 aliphatic rings. The largest absolute Gasteiger partial charge is 0.480 e. The summed E-state index contributed by atoms with van der Waals surface area (Å²) in [5.74, 6) is -0.992. The lowest BCUT2D eigenvalue weighted by molar-refractivity contribution is -0.136. The lowest BCUT2D eigenvalue weighted by Gasteiger charge is -2.12. The Morgan fingerprint density at radius 3 is 2.48 bits per heavy atom. The number of amides is 3. The van der Waals surface area contributed by atoms with Gasteiger partial charge in [-0.15, -0.1) is 11.8 Å². The van der Waals surface area contributed by atoms with Gasteiger partial charge in [0.1, 0.15) is 5.25 Å². The molecule has 0 saturated heterocycles. The molecule has 0 aliphatic heterocycles. The molecule has 0 fully saturated rings. The molecule has 7 heteroatoms. The van der Waals surface area contributed by atoms with Gasteiger partial charge in [0.05, 0.1) is 0 Å². The Bertz CT molecular complexity index is 493. The van der Waals surface area contributed by atoms with E-state index < -0.39 is 23.2 Å². The second-order valence-electron chi connectivity index (χ2n) is 4.26. The first-order valence-electron chi connectivity index (χ1n) is 6.43. The van der Waals surface area contributed by atoms with Gasteiger partial charge in [-0.1, -0.05) is 30.3 Å². The third-order valence-electron chi connectivity index (χ3n) is 2.67. The van der Waals surface area contributed by atoms with Crippen molar-refractivity contribution in [1.82, 2.24) is 10.6 Å². The van der Waals surface area contributed by atoms with Crippen LogP contribution < -0.4 is 10.6 Å². The number of carbonyl (C=O) groups excluding carboxylic acids is 2. The fraction of sp³-hybridized carbons (Fsp3) is 0.357. The predicted octanol–water partition coefficient (Wildman–Crippen LogP) is 1.26. The number of urea groups is 1. The zero-order valence-corrected chi connectivity index (χ0v) is 12.5. The number of imide groups is 1. The summed E-state index contributed by atoms with van der Waals surface area (Å²) < 4.78 is 0. The quantitative estimate of drug-likeness (QED) is 0.705. The topological polar surface area (TPSA) is 95.5 Å². The van der Waals surface area contributed by atoms with Crippen LogP contribution in [0.5, 0.6) is 0 Å². The number of hydrogen-bond donors (Lipinski definition) is 3. The second-order valence-corrected chi connectivity index (χ2v) is 5.58. The highest BCUT2D eigenvalue weighted by atomic mass is 32.2. The van der Waals surface area contributed by atoms with Crippen molar-refractivity contribution in [1.29, 1.82) is 0 Å². The molecule has 1 aromatic carbocycles. The van der Waals surface area contributed by atoms with E-state index in [4.69, 9.17) is 0 Å². The minimum atomic E-state index is -0.907. The van der Waals surface area contributed by atoms with Gasteiger partial charge < -0.3 is 10.4 Å². The summed E-state index contributed by atoms with van der Waals surface area (Å²) >= 11 is 1.20. The molecule has 3 N–H and O–H groups in total. The van der Waals surface area contributed by atoms with Crippen LogP contribution in [0.4, 0.5) is 4.79 Å². The molecule has 0 heterocycles. The Kier molecular flexibility index (Phi) is 7.31. The molecule has 1 unspecified atom stereocenters. The van der Waals surface area contributed by atoms with Crippen molar-refractivity contribution in [3.05, 3.63) is 35.9 Å². The molecule has 0 spiro atoms. The number of carbonyl (C=O) groups is 3. The van der Waals surface area contributed by atoms with Crippen molar-refractivity contribution >= 4 is 29.7 Å². The number of carboxylic acids is 1. The van der Waals surface area contributed by atoms with Gasteiger partial charge in [-0.3, -0.25) is 14.9 Å². The maximum Gasteiger partial charge on any atom is 0.321 e. The lowest BCUT2D eigenvalue weighted by atomic mass is 10.1. The third-order valence-corrected chi connectivity index (χ3v) is 3.88. The molecule has 21 heavy (non-hydrogen) atoms. The Labute approximate surface area is 127 Å².